The van der Waals surface area contributed by atoms with Gasteiger partial charge in [0.05, 0.1) is 0 Å². The van der Waals surface area contributed by atoms with Gasteiger partial charge in [-0.3, -0.25) is 0 Å². The molecule has 0 saturated heterocycles. The van der Waals surface area contributed by atoms with Gasteiger partial charge in [-0.15, -0.1) is 0 Å². The first-order valence-electron chi connectivity index (χ1n) is 3.44. The molecular formula is C7H16N2O. The summed E-state index contributed by atoms with van der Waals surface area (Å²) in [7, 11) is 0. The van der Waals surface area contributed by atoms with E-state index >= 15 is 0 Å². The van der Waals surface area contributed by atoms with Gasteiger partial charge in [0, 0.05) is 0 Å². The highest BCUT2D eigenvalue weighted by Gasteiger charge is 2.17. The highest BCUT2D eigenvalue weighted by molar-refractivity contribution is 5.10. The molecule has 0 aromatic heterocycles. The second kappa shape index (κ2) is 3.58. The van der Waals surface area contributed by atoms with Gasteiger partial charge in [0.15, 0.2) is 0 Å². The Labute approximate surface area is 61.7 Å². The molecule has 0 aromatic rings. The van der Waals surface area contributed by atoms with Crippen LogP contribution in [0.25, 0.3) is 0 Å². The largest absolute Gasteiger partial charge is 0.405 e. The Morgan fingerprint density at radius 2 is 2.20 bits per heavy atom. The molecule has 10 heavy (non-hydrogen) atoms. The summed E-state index contributed by atoms with van der Waals surface area (Å²) in [5.74, 6) is 0. The number of nitrogens with two attached hydrogens (primary N) is 2. The van der Waals surface area contributed by atoms with E-state index in [1.54, 1.807) is 0 Å². The molecule has 0 aliphatic carbocycles. The van der Waals surface area contributed by atoms with Gasteiger partial charge in [-0.25, -0.2) is 0 Å². The van der Waals surface area contributed by atoms with E-state index in [1.165, 1.54) is 13.1 Å². The van der Waals surface area contributed by atoms with Crippen LogP contribution in [0.15, 0.2) is 11.8 Å². The first-order valence-corrected chi connectivity index (χ1v) is 3.44. The van der Waals surface area contributed by atoms with E-state index in [0.29, 0.717) is 5.57 Å². The molecule has 0 amide bonds. The Hall–Kier alpha value is -0.540. The summed E-state index contributed by atoms with van der Waals surface area (Å²) in [4.78, 5) is 0. The third-order valence-electron chi connectivity index (χ3n) is 1.37. The van der Waals surface area contributed by atoms with Gasteiger partial charge in [-0.2, -0.15) is 0 Å². The van der Waals surface area contributed by atoms with Crippen LogP contribution in [0.3, 0.4) is 0 Å². The van der Waals surface area contributed by atoms with Crippen LogP contribution >= 0.6 is 0 Å². The summed E-state index contributed by atoms with van der Waals surface area (Å²) in [6, 6.07) is 0. The highest BCUT2D eigenvalue weighted by atomic mass is 16.3. The zero-order valence-electron chi connectivity index (χ0n) is 6.59. The molecule has 0 spiro atoms. The normalized spacial score (nSPS) is 18.6. The highest BCUT2D eigenvalue weighted by Crippen LogP contribution is 2.13. The molecule has 0 aliphatic rings. The maximum atomic E-state index is 9.24. The van der Waals surface area contributed by atoms with E-state index in [0.717, 1.165) is 12.8 Å². The van der Waals surface area contributed by atoms with Gasteiger partial charge < -0.3 is 16.6 Å². The van der Waals surface area contributed by atoms with Crippen molar-refractivity contribution in [2.24, 2.45) is 11.5 Å². The van der Waals surface area contributed by atoms with Crippen LogP contribution in [-0.2, 0) is 0 Å². The predicted molar refractivity (Wildman–Crippen MR) is 42.0 cm³/mol. The Bertz CT molecular complexity index is 124. The molecule has 0 aliphatic heterocycles. The molecule has 3 heteroatoms. The van der Waals surface area contributed by atoms with Crippen LogP contribution < -0.4 is 11.5 Å². The minimum atomic E-state index is -1.25. The number of hydrogen-bond acceptors (Lipinski definition) is 3. The van der Waals surface area contributed by atoms with E-state index in [9.17, 15) is 5.11 Å². The van der Waals surface area contributed by atoms with E-state index < -0.39 is 5.72 Å². The maximum absolute atomic E-state index is 9.24. The monoisotopic (exact) mass is 144 g/mol. The van der Waals surface area contributed by atoms with Crippen molar-refractivity contribution in [1.29, 1.82) is 0 Å². The van der Waals surface area contributed by atoms with Crippen molar-refractivity contribution in [2.75, 3.05) is 0 Å². The molecule has 3 nitrogen and oxygen atoms in total. The van der Waals surface area contributed by atoms with Crippen molar-refractivity contribution in [2.45, 2.75) is 32.4 Å². The third kappa shape index (κ3) is 2.85. The predicted octanol–water partition coefficient (Wildman–Crippen LogP) is 0.296. The summed E-state index contributed by atoms with van der Waals surface area (Å²) in [5.41, 5.74) is 10.1. The quantitative estimate of drug-likeness (QED) is 0.499. The SMILES string of the molecule is CCC/C(=C\N)C(C)(N)O. The standard InChI is InChI=1S/C7H16N2O/c1-3-4-6(5-8)7(2,9)10/h5,10H,3-4,8-9H2,1-2H3/b6-5+. The summed E-state index contributed by atoms with van der Waals surface area (Å²) in [6.07, 6.45) is 3.07. The first-order chi connectivity index (χ1) is 4.52. The van der Waals surface area contributed by atoms with Crippen LogP contribution in [0.1, 0.15) is 26.7 Å². The van der Waals surface area contributed by atoms with Crippen LogP contribution in [0, 0.1) is 0 Å². The Morgan fingerprint density at radius 3 is 2.30 bits per heavy atom. The van der Waals surface area contributed by atoms with Crippen LogP contribution in [0.5, 0.6) is 0 Å². The van der Waals surface area contributed by atoms with Crippen molar-refractivity contribution in [3.8, 4) is 0 Å². The van der Waals surface area contributed by atoms with E-state index in [4.69, 9.17) is 11.5 Å². The van der Waals surface area contributed by atoms with Gasteiger partial charge in [0.2, 0.25) is 0 Å². The van der Waals surface area contributed by atoms with Crippen molar-refractivity contribution >= 4 is 0 Å². The van der Waals surface area contributed by atoms with Gasteiger partial charge >= 0.3 is 0 Å². The van der Waals surface area contributed by atoms with E-state index in [1.807, 2.05) is 6.92 Å². The number of hydrogen-bond donors (Lipinski definition) is 3. The van der Waals surface area contributed by atoms with E-state index in [2.05, 4.69) is 0 Å². The Kier molecular flexibility index (Phi) is 3.39. The smallest absolute Gasteiger partial charge is 0.134 e. The lowest BCUT2D eigenvalue weighted by Crippen LogP contribution is -2.38. The molecule has 0 radical (unpaired) electrons. The third-order valence-corrected chi connectivity index (χ3v) is 1.37. The average Bonchev–Trinajstić information content (AvgIpc) is 1.80. The zero-order chi connectivity index (χ0) is 8.20. The zero-order valence-corrected chi connectivity index (χ0v) is 6.59. The van der Waals surface area contributed by atoms with Gasteiger partial charge in [0.25, 0.3) is 0 Å². The fourth-order valence-corrected chi connectivity index (χ4v) is 0.774. The molecule has 0 saturated carbocycles. The molecular weight excluding hydrogens is 128 g/mol. The summed E-state index contributed by atoms with van der Waals surface area (Å²) in [6.45, 7) is 3.54. The lowest BCUT2D eigenvalue weighted by molar-refractivity contribution is 0.102. The molecule has 0 fully saturated rings. The molecule has 0 bridgehead atoms. The van der Waals surface area contributed by atoms with Crippen LogP contribution in [-0.4, -0.2) is 10.8 Å². The summed E-state index contributed by atoms with van der Waals surface area (Å²) >= 11 is 0. The lowest BCUT2D eigenvalue weighted by Gasteiger charge is -2.20. The molecule has 0 rings (SSSR count). The van der Waals surface area contributed by atoms with Crippen LogP contribution in [0.4, 0.5) is 0 Å². The van der Waals surface area contributed by atoms with Gasteiger partial charge in [-0.1, -0.05) is 13.3 Å². The number of rotatable bonds is 3. The first kappa shape index (κ1) is 9.46. The van der Waals surface area contributed by atoms with Crippen molar-refractivity contribution in [3.05, 3.63) is 11.8 Å². The van der Waals surface area contributed by atoms with Crippen molar-refractivity contribution in [3.63, 3.8) is 0 Å². The molecule has 1 atom stereocenters. The minimum absolute atomic E-state index is 0.690. The van der Waals surface area contributed by atoms with Crippen molar-refractivity contribution in [1.82, 2.24) is 0 Å². The molecule has 5 N–H and O–H groups in total. The lowest BCUT2D eigenvalue weighted by atomic mass is 10.0. The summed E-state index contributed by atoms with van der Waals surface area (Å²) in [5, 5.41) is 9.24. The summed E-state index contributed by atoms with van der Waals surface area (Å²) < 4.78 is 0. The van der Waals surface area contributed by atoms with Crippen LogP contribution in [0.2, 0.25) is 0 Å². The molecule has 1 unspecified atom stereocenters. The molecule has 0 heterocycles. The van der Waals surface area contributed by atoms with Gasteiger partial charge in [-0.05, 0) is 25.1 Å². The topological polar surface area (TPSA) is 72.3 Å². The maximum Gasteiger partial charge on any atom is 0.134 e. The van der Waals surface area contributed by atoms with E-state index in [-0.39, 0.29) is 0 Å². The van der Waals surface area contributed by atoms with Crippen molar-refractivity contribution < 1.29 is 5.11 Å². The second-order valence-electron chi connectivity index (χ2n) is 2.59. The Balaban J connectivity index is 4.10. The second-order valence-corrected chi connectivity index (χ2v) is 2.59. The van der Waals surface area contributed by atoms with Gasteiger partial charge in [0.1, 0.15) is 5.72 Å². The fraction of sp³-hybridized carbons (Fsp3) is 0.714. The fourth-order valence-electron chi connectivity index (χ4n) is 0.774. The Morgan fingerprint density at radius 1 is 1.70 bits per heavy atom. The number of aliphatic hydroxyl groups is 1. The average molecular weight is 144 g/mol. The molecule has 0 aromatic carbocycles. The molecule has 60 valence electrons. The minimum Gasteiger partial charge on any atom is -0.405 e.